The first-order valence-corrected chi connectivity index (χ1v) is 6.85. The molecular formula is C15H15ClN2OS. The fourth-order valence-electron chi connectivity index (χ4n) is 1.73. The van der Waals surface area contributed by atoms with Crippen molar-refractivity contribution in [1.82, 2.24) is 0 Å². The molecule has 0 saturated carbocycles. The van der Waals surface area contributed by atoms with E-state index in [0.717, 1.165) is 22.7 Å². The van der Waals surface area contributed by atoms with Crippen LogP contribution in [-0.4, -0.2) is 12.2 Å². The monoisotopic (exact) mass is 306 g/mol. The van der Waals surface area contributed by atoms with Crippen molar-refractivity contribution in [2.24, 2.45) is 0 Å². The summed E-state index contributed by atoms with van der Waals surface area (Å²) in [5.41, 5.74) is 2.87. The topological polar surface area (TPSA) is 33.3 Å². The van der Waals surface area contributed by atoms with Gasteiger partial charge in [-0.2, -0.15) is 0 Å². The van der Waals surface area contributed by atoms with Gasteiger partial charge < -0.3 is 15.4 Å². The molecule has 0 bridgehead atoms. The number of aryl methyl sites for hydroxylation is 1. The average molecular weight is 307 g/mol. The summed E-state index contributed by atoms with van der Waals surface area (Å²) < 4.78 is 5.11. The molecule has 0 heterocycles. The number of nitrogens with one attached hydrogen (secondary N) is 2. The van der Waals surface area contributed by atoms with Crippen LogP contribution in [0.25, 0.3) is 0 Å². The van der Waals surface area contributed by atoms with Gasteiger partial charge in [-0.1, -0.05) is 11.6 Å². The molecular weight excluding hydrogens is 292 g/mol. The van der Waals surface area contributed by atoms with Gasteiger partial charge in [-0.3, -0.25) is 0 Å². The standard InChI is InChI=1S/C15H15ClN2OS/c1-10-9-11(16)3-8-14(10)18-15(20)17-12-4-6-13(19-2)7-5-12/h3-9H,1-2H3,(H2,17,18,20). The Hall–Kier alpha value is -1.78. The Kier molecular flexibility index (Phi) is 4.82. The number of thiocarbonyl (C=S) groups is 1. The molecule has 0 unspecified atom stereocenters. The van der Waals surface area contributed by atoms with E-state index in [-0.39, 0.29) is 0 Å². The molecule has 2 aromatic rings. The number of hydrogen-bond donors (Lipinski definition) is 2. The predicted octanol–water partition coefficient (Wildman–Crippen LogP) is 4.47. The van der Waals surface area contributed by atoms with Crippen molar-refractivity contribution in [1.29, 1.82) is 0 Å². The Morgan fingerprint density at radius 2 is 1.80 bits per heavy atom. The van der Waals surface area contributed by atoms with E-state index in [1.807, 2.05) is 49.4 Å². The molecule has 5 heteroatoms. The van der Waals surface area contributed by atoms with Crippen LogP contribution in [0.5, 0.6) is 5.75 Å². The van der Waals surface area contributed by atoms with Gasteiger partial charge in [-0.25, -0.2) is 0 Å². The number of rotatable bonds is 3. The summed E-state index contributed by atoms with van der Waals surface area (Å²) in [6, 6.07) is 13.2. The first-order chi connectivity index (χ1) is 9.58. The van der Waals surface area contributed by atoms with Crippen LogP contribution < -0.4 is 15.4 Å². The van der Waals surface area contributed by atoms with Gasteiger partial charge in [0.1, 0.15) is 5.75 Å². The van der Waals surface area contributed by atoms with Crippen LogP contribution in [0.2, 0.25) is 5.02 Å². The molecule has 0 fully saturated rings. The first-order valence-electron chi connectivity index (χ1n) is 6.06. The third kappa shape index (κ3) is 3.85. The summed E-state index contributed by atoms with van der Waals surface area (Å²) in [4.78, 5) is 0. The minimum atomic E-state index is 0.528. The maximum absolute atomic E-state index is 5.92. The Labute approximate surface area is 128 Å². The summed E-state index contributed by atoms with van der Waals surface area (Å²) in [7, 11) is 1.64. The molecule has 3 nitrogen and oxygen atoms in total. The minimum absolute atomic E-state index is 0.528. The molecule has 2 aromatic carbocycles. The molecule has 0 aromatic heterocycles. The van der Waals surface area contributed by atoms with Crippen LogP contribution in [0, 0.1) is 6.92 Å². The second-order valence-electron chi connectivity index (χ2n) is 4.27. The van der Waals surface area contributed by atoms with Gasteiger partial charge in [0.05, 0.1) is 7.11 Å². The van der Waals surface area contributed by atoms with Crippen molar-refractivity contribution < 1.29 is 4.74 Å². The molecule has 0 aliphatic carbocycles. The molecule has 104 valence electrons. The van der Waals surface area contributed by atoms with Gasteiger partial charge in [0.15, 0.2) is 5.11 Å². The summed E-state index contributed by atoms with van der Waals surface area (Å²) in [6.07, 6.45) is 0. The fourth-order valence-corrected chi connectivity index (χ4v) is 2.18. The maximum Gasteiger partial charge on any atom is 0.175 e. The number of methoxy groups -OCH3 is 1. The van der Waals surface area contributed by atoms with E-state index in [4.69, 9.17) is 28.6 Å². The lowest BCUT2D eigenvalue weighted by Crippen LogP contribution is -2.19. The second-order valence-corrected chi connectivity index (χ2v) is 5.11. The molecule has 2 N–H and O–H groups in total. The zero-order chi connectivity index (χ0) is 14.5. The molecule has 20 heavy (non-hydrogen) atoms. The highest BCUT2D eigenvalue weighted by molar-refractivity contribution is 7.80. The molecule has 0 radical (unpaired) electrons. The Morgan fingerprint density at radius 3 is 2.40 bits per heavy atom. The molecule has 0 saturated heterocycles. The zero-order valence-electron chi connectivity index (χ0n) is 11.2. The van der Waals surface area contributed by atoms with E-state index >= 15 is 0 Å². The van der Waals surface area contributed by atoms with Crippen LogP contribution >= 0.6 is 23.8 Å². The number of anilines is 2. The van der Waals surface area contributed by atoms with Crippen molar-refractivity contribution in [3.8, 4) is 5.75 Å². The van der Waals surface area contributed by atoms with E-state index in [2.05, 4.69) is 10.6 Å². The summed E-state index contributed by atoms with van der Waals surface area (Å²) >= 11 is 11.2. The van der Waals surface area contributed by atoms with Gasteiger partial charge in [-0.05, 0) is 67.2 Å². The smallest absolute Gasteiger partial charge is 0.175 e. The predicted molar refractivity (Wildman–Crippen MR) is 89.0 cm³/mol. The second kappa shape index (κ2) is 6.59. The van der Waals surface area contributed by atoms with Gasteiger partial charge in [0.2, 0.25) is 0 Å². The van der Waals surface area contributed by atoms with Crippen molar-refractivity contribution >= 4 is 40.3 Å². The van der Waals surface area contributed by atoms with Gasteiger partial charge in [0.25, 0.3) is 0 Å². The van der Waals surface area contributed by atoms with Gasteiger partial charge in [-0.15, -0.1) is 0 Å². The third-order valence-corrected chi connectivity index (χ3v) is 3.22. The van der Waals surface area contributed by atoms with Crippen molar-refractivity contribution in [2.75, 3.05) is 17.7 Å². The van der Waals surface area contributed by atoms with E-state index in [1.54, 1.807) is 7.11 Å². The Balaban J connectivity index is 2.01. The third-order valence-electron chi connectivity index (χ3n) is 2.78. The lowest BCUT2D eigenvalue weighted by atomic mass is 10.2. The molecule has 0 amide bonds. The van der Waals surface area contributed by atoms with Crippen LogP contribution in [0.15, 0.2) is 42.5 Å². The zero-order valence-corrected chi connectivity index (χ0v) is 12.8. The number of hydrogen-bond acceptors (Lipinski definition) is 2. The lowest BCUT2D eigenvalue weighted by Gasteiger charge is -2.13. The van der Waals surface area contributed by atoms with E-state index < -0.39 is 0 Å². The largest absolute Gasteiger partial charge is 0.497 e. The molecule has 0 aliphatic rings. The highest BCUT2D eigenvalue weighted by Gasteiger charge is 2.02. The highest BCUT2D eigenvalue weighted by Crippen LogP contribution is 2.20. The quantitative estimate of drug-likeness (QED) is 0.820. The van der Waals surface area contributed by atoms with E-state index in [9.17, 15) is 0 Å². The van der Waals surface area contributed by atoms with Crippen LogP contribution in [-0.2, 0) is 0 Å². The number of halogens is 1. The summed E-state index contributed by atoms with van der Waals surface area (Å²) in [6.45, 7) is 1.98. The van der Waals surface area contributed by atoms with Gasteiger partial charge >= 0.3 is 0 Å². The SMILES string of the molecule is COc1ccc(NC(=S)Nc2ccc(Cl)cc2C)cc1. The molecule has 0 atom stereocenters. The fraction of sp³-hybridized carbons (Fsp3) is 0.133. The highest BCUT2D eigenvalue weighted by atomic mass is 35.5. The van der Waals surface area contributed by atoms with Gasteiger partial charge in [0, 0.05) is 16.4 Å². The first kappa shape index (κ1) is 14.6. The molecule has 2 rings (SSSR count). The van der Waals surface area contributed by atoms with Crippen molar-refractivity contribution in [2.45, 2.75) is 6.92 Å². The number of ether oxygens (including phenoxy) is 1. The van der Waals surface area contributed by atoms with Crippen LogP contribution in [0.1, 0.15) is 5.56 Å². The Morgan fingerprint density at radius 1 is 1.10 bits per heavy atom. The average Bonchev–Trinajstić information content (AvgIpc) is 2.43. The summed E-state index contributed by atoms with van der Waals surface area (Å²) in [5.74, 6) is 0.808. The molecule has 0 spiro atoms. The molecule has 0 aliphatic heterocycles. The van der Waals surface area contributed by atoms with Crippen molar-refractivity contribution in [3.05, 3.63) is 53.1 Å². The van der Waals surface area contributed by atoms with E-state index in [0.29, 0.717) is 10.1 Å². The van der Waals surface area contributed by atoms with Crippen LogP contribution in [0.4, 0.5) is 11.4 Å². The minimum Gasteiger partial charge on any atom is -0.497 e. The maximum atomic E-state index is 5.92. The van der Waals surface area contributed by atoms with Crippen molar-refractivity contribution in [3.63, 3.8) is 0 Å². The normalized spacial score (nSPS) is 9.95. The Bertz CT molecular complexity index is 614. The van der Waals surface area contributed by atoms with E-state index in [1.165, 1.54) is 0 Å². The number of benzene rings is 2. The summed E-state index contributed by atoms with van der Waals surface area (Å²) in [5, 5.41) is 7.50. The van der Waals surface area contributed by atoms with Crippen LogP contribution in [0.3, 0.4) is 0 Å². The lowest BCUT2D eigenvalue weighted by molar-refractivity contribution is 0.415.